The lowest BCUT2D eigenvalue weighted by atomic mass is 10.1. The minimum Gasteiger partial charge on any atom is -0.481 e. The average molecular weight is 405 g/mol. The van der Waals surface area contributed by atoms with Crippen molar-refractivity contribution >= 4 is 44.2 Å². The Labute approximate surface area is 162 Å². The molecule has 1 N–H and O–H groups in total. The SMILES string of the molecule is Cc1ccc2c(c1)OC(CC(=O)O)C(=O)[N+]2(C)c1nc2cc(F)cc(F)c2s1. The van der Waals surface area contributed by atoms with Crippen molar-refractivity contribution in [2.75, 3.05) is 7.05 Å². The van der Waals surface area contributed by atoms with Crippen molar-refractivity contribution in [2.24, 2.45) is 0 Å². The van der Waals surface area contributed by atoms with E-state index < -0.39 is 40.5 Å². The van der Waals surface area contributed by atoms with Crippen LogP contribution in [0, 0.1) is 18.6 Å². The van der Waals surface area contributed by atoms with Gasteiger partial charge in [-0.15, -0.1) is 0 Å². The zero-order valence-electron chi connectivity index (χ0n) is 14.9. The van der Waals surface area contributed by atoms with Crippen LogP contribution in [0.3, 0.4) is 0 Å². The lowest BCUT2D eigenvalue weighted by Crippen LogP contribution is -2.56. The quantitative estimate of drug-likeness (QED) is 0.669. The fraction of sp³-hybridized carbons (Fsp3) is 0.211. The maximum Gasteiger partial charge on any atom is 0.367 e. The van der Waals surface area contributed by atoms with E-state index in [1.165, 1.54) is 0 Å². The summed E-state index contributed by atoms with van der Waals surface area (Å²) in [6.45, 7) is 1.84. The zero-order valence-corrected chi connectivity index (χ0v) is 15.7. The van der Waals surface area contributed by atoms with E-state index in [9.17, 15) is 18.4 Å². The molecule has 1 aromatic heterocycles. The summed E-state index contributed by atoms with van der Waals surface area (Å²) < 4.78 is 33.1. The van der Waals surface area contributed by atoms with Crippen LogP contribution in [0.2, 0.25) is 0 Å². The van der Waals surface area contributed by atoms with Crippen molar-refractivity contribution in [1.29, 1.82) is 0 Å². The smallest absolute Gasteiger partial charge is 0.367 e. The third-order valence-corrected chi connectivity index (χ3v) is 5.97. The van der Waals surface area contributed by atoms with Gasteiger partial charge >= 0.3 is 11.9 Å². The van der Waals surface area contributed by atoms with Crippen molar-refractivity contribution in [3.05, 3.63) is 47.5 Å². The number of likely N-dealkylation sites (N-methyl/N-ethyl adjacent to an activating group) is 1. The predicted molar refractivity (Wildman–Crippen MR) is 99.8 cm³/mol. The third kappa shape index (κ3) is 2.74. The van der Waals surface area contributed by atoms with Gasteiger partial charge in [-0.25, -0.2) is 13.6 Å². The molecule has 2 atom stereocenters. The molecule has 144 valence electrons. The molecule has 2 heterocycles. The van der Waals surface area contributed by atoms with Gasteiger partial charge in [0.2, 0.25) is 6.10 Å². The first kappa shape index (κ1) is 18.5. The van der Waals surface area contributed by atoms with Crippen LogP contribution in [0.5, 0.6) is 5.75 Å². The average Bonchev–Trinajstić information content (AvgIpc) is 3.03. The fourth-order valence-corrected chi connectivity index (χ4v) is 4.38. The second-order valence-corrected chi connectivity index (χ2v) is 7.73. The summed E-state index contributed by atoms with van der Waals surface area (Å²) in [6.07, 6.45) is -1.75. The second-order valence-electron chi connectivity index (χ2n) is 6.75. The number of carboxylic acid groups (broad SMARTS) is 1. The molecule has 1 amide bonds. The van der Waals surface area contributed by atoms with E-state index in [0.29, 0.717) is 11.4 Å². The van der Waals surface area contributed by atoms with Gasteiger partial charge in [-0.2, -0.15) is 9.47 Å². The number of aliphatic carboxylic acids is 1. The van der Waals surface area contributed by atoms with Crippen LogP contribution >= 0.6 is 11.3 Å². The van der Waals surface area contributed by atoms with Gasteiger partial charge in [-0.1, -0.05) is 17.4 Å². The number of aromatic nitrogens is 1. The molecular weight excluding hydrogens is 390 g/mol. The monoisotopic (exact) mass is 405 g/mol. The number of carbonyl (C=O) groups excluding carboxylic acids is 1. The van der Waals surface area contributed by atoms with Crippen LogP contribution in [-0.4, -0.2) is 35.1 Å². The fourth-order valence-electron chi connectivity index (χ4n) is 3.32. The number of benzene rings is 2. The van der Waals surface area contributed by atoms with Crippen molar-refractivity contribution in [1.82, 2.24) is 9.47 Å². The number of rotatable bonds is 3. The Morgan fingerprint density at radius 2 is 2.07 bits per heavy atom. The molecule has 2 unspecified atom stereocenters. The van der Waals surface area contributed by atoms with E-state index in [1.54, 1.807) is 25.2 Å². The van der Waals surface area contributed by atoms with Gasteiger partial charge in [0.1, 0.15) is 11.6 Å². The summed E-state index contributed by atoms with van der Waals surface area (Å²) in [4.78, 5) is 28.8. The van der Waals surface area contributed by atoms with Gasteiger partial charge in [0.25, 0.3) is 5.13 Å². The van der Waals surface area contributed by atoms with E-state index in [1.807, 2.05) is 6.92 Å². The normalized spacial score (nSPS) is 21.4. The van der Waals surface area contributed by atoms with Gasteiger partial charge < -0.3 is 9.84 Å². The predicted octanol–water partition coefficient (Wildman–Crippen LogP) is 3.91. The number of thiazole rings is 1. The first-order valence-electron chi connectivity index (χ1n) is 8.37. The van der Waals surface area contributed by atoms with Gasteiger partial charge in [-0.05, 0) is 18.6 Å². The third-order valence-electron chi connectivity index (χ3n) is 4.72. The Bertz CT molecular complexity index is 1150. The second kappa shape index (κ2) is 6.32. The van der Waals surface area contributed by atoms with Crippen LogP contribution in [0.1, 0.15) is 12.0 Å². The number of amides is 1. The molecule has 0 saturated carbocycles. The number of carboxylic acids is 1. The molecule has 0 bridgehead atoms. The highest BCUT2D eigenvalue weighted by Gasteiger charge is 2.52. The molecule has 0 fully saturated rings. The summed E-state index contributed by atoms with van der Waals surface area (Å²) in [5.41, 5.74) is 1.42. The maximum absolute atomic E-state index is 14.2. The summed E-state index contributed by atoms with van der Waals surface area (Å²) in [6, 6.07) is 7.05. The van der Waals surface area contributed by atoms with E-state index in [2.05, 4.69) is 4.98 Å². The number of hydrogen-bond acceptors (Lipinski definition) is 5. The number of carbonyl (C=O) groups is 2. The number of ether oxygens (including phenoxy) is 1. The molecule has 1 aliphatic heterocycles. The van der Waals surface area contributed by atoms with Crippen LogP contribution in [-0.2, 0) is 9.59 Å². The van der Waals surface area contributed by atoms with Crippen molar-refractivity contribution < 1.29 is 28.2 Å². The lowest BCUT2D eigenvalue weighted by molar-refractivity contribution is -0.146. The number of aryl methyl sites for hydroxylation is 1. The number of quaternary nitrogens is 1. The molecule has 1 aliphatic rings. The van der Waals surface area contributed by atoms with Crippen molar-refractivity contribution in [2.45, 2.75) is 19.4 Å². The minimum absolute atomic E-state index is 0.0968. The molecular formula is C19H15F2N2O4S+. The molecule has 28 heavy (non-hydrogen) atoms. The molecule has 4 rings (SSSR count). The van der Waals surface area contributed by atoms with Crippen molar-refractivity contribution in [3.63, 3.8) is 0 Å². The number of nitrogens with zero attached hydrogens (tertiary/aromatic N) is 2. The summed E-state index contributed by atoms with van der Waals surface area (Å²) >= 11 is 0.926. The van der Waals surface area contributed by atoms with Crippen LogP contribution in [0.25, 0.3) is 10.2 Å². The van der Waals surface area contributed by atoms with E-state index in [4.69, 9.17) is 9.84 Å². The molecule has 0 saturated heterocycles. The van der Waals surface area contributed by atoms with Gasteiger partial charge in [0.05, 0.1) is 23.7 Å². The molecule has 0 spiro atoms. The Balaban J connectivity index is 1.96. The van der Waals surface area contributed by atoms with Gasteiger partial charge in [0, 0.05) is 18.2 Å². The Kier molecular flexibility index (Phi) is 4.16. The summed E-state index contributed by atoms with van der Waals surface area (Å²) in [7, 11) is 1.56. The maximum atomic E-state index is 14.2. The van der Waals surface area contributed by atoms with Crippen molar-refractivity contribution in [3.8, 4) is 5.75 Å². The molecule has 0 radical (unpaired) electrons. The Morgan fingerprint density at radius 1 is 1.32 bits per heavy atom. The minimum atomic E-state index is -1.23. The molecule has 6 nitrogen and oxygen atoms in total. The number of fused-ring (bicyclic) bond motifs is 2. The summed E-state index contributed by atoms with van der Waals surface area (Å²) in [5.74, 6) is -2.90. The molecule has 3 aromatic rings. The Hall–Kier alpha value is -2.91. The van der Waals surface area contributed by atoms with E-state index in [-0.39, 0.29) is 15.3 Å². The lowest BCUT2D eigenvalue weighted by Gasteiger charge is -2.36. The first-order valence-corrected chi connectivity index (χ1v) is 9.18. The first-order chi connectivity index (χ1) is 13.2. The molecule has 9 heteroatoms. The zero-order chi connectivity index (χ0) is 20.2. The highest BCUT2D eigenvalue weighted by atomic mass is 32.1. The Morgan fingerprint density at radius 3 is 2.79 bits per heavy atom. The topological polar surface area (TPSA) is 76.5 Å². The van der Waals surface area contributed by atoms with E-state index in [0.717, 1.165) is 29.0 Å². The molecule has 2 aromatic carbocycles. The van der Waals surface area contributed by atoms with Crippen LogP contribution < -0.4 is 9.22 Å². The van der Waals surface area contributed by atoms with Gasteiger partial charge in [0.15, 0.2) is 11.4 Å². The highest BCUT2D eigenvalue weighted by Crippen LogP contribution is 2.47. The summed E-state index contributed by atoms with van der Waals surface area (Å²) in [5, 5.41) is 9.37. The standard InChI is InChI=1S/C19H14F2N2O4S/c1-9-3-4-13-14(5-9)27-15(8-16(24)25)18(26)23(13,2)19-22-12-7-10(20)6-11(21)17(12)28-19/h3-7,15H,8H2,1-2H3/p+1. The van der Waals surface area contributed by atoms with E-state index >= 15 is 0 Å². The molecule has 0 aliphatic carbocycles. The van der Waals surface area contributed by atoms with Gasteiger partial charge in [-0.3, -0.25) is 4.79 Å². The highest BCUT2D eigenvalue weighted by molar-refractivity contribution is 7.22. The number of hydrogen-bond donors (Lipinski definition) is 1. The van der Waals surface area contributed by atoms with Crippen LogP contribution in [0.4, 0.5) is 19.6 Å². The number of halogens is 2. The largest absolute Gasteiger partial charge is 0.481 e. The van der Waals surface area contributed by atoms with Crippen LogP contribution in [0.15, 0.2) is 30.3 Å².